The van der Waals surface area contributed by atoms with Crippen molar-refractivity contribution in [3.8, 4) is 0 Å². The Morgan fingerprint density at radius 2 is 1.81 bits per heavy atom. The molecule has 1 saturated carbocycles. The van der Waals surface area contributed by atoms with E-state index in [4.69, 9.17) is 0 Å². The van der Waals surface area contributed by atoms with Crippen LogP contribution < -0.4 is 10.6 Å². The average Bonchev–Trinajstić information content (AvgIpc) is 2.31. The molecule has 0 heterocycles. The molecule has 3 N–H and O–H groups in total. The van der Waals surface area contributed by atoms with Crippen molar-refractivity contribution in [3.63, 3.8) is 0 Å². The molecule has 0 aromatic heterocycles. The monoisotopic (exact) mass is 298 g/mol. The van der Waals surface area contributed by atoms with Crippen LogP contribution >= 0.6 is 0 Å². The number of nitrogens with one attached hydrogen (secondary N) is 2. The van der Waals surface area contributed by atoms with Gasteiger partial charge in [0.15, 0.2) is 0 Å². The van der Waals surface area contributed by atoms with Gasteiger partial charge in [-0.2, -0.15) is 0 Å². The van der Waals surface area contributed by atoms with Crippen molar-refractivity contribution < 1.29 is 14.7 Å². The lowest BCUT2D eigenvalue weighted by Gasteiger charge is -2.46. The molecule has 3 unspecified atom stereocenters. The molecule has 0 saturated heterocycles. The van der Waals surface area contributed by atoms with Gasteiger partial charge in [-0.15, -0.1) is 0 Å². The number of hydrogen-bond donors (Lipinski definition) is 3. The molecule has 0 aromatic rings. The molecule has 0 aromatic carbocycles. The van der Waals surface area contributed by atoms with Crippen molar-refractivity contribution in [3.05, 3.63) is 0 Å². The number of amides is 1. The number of carboxylic acid groups (broad SMARTS) is 1. The fourth-order valence-corrected chi connectivity index (χ4v) is 3.05. The highest BCUT2D eigenvalue weighted by atomic mass is 16.4. The van der Waals surface area contributed by atoms with Crippen LogP contribution in [0.3, 0.4) is 0 Å². The van der Waals surface area contributed by atoms with Gasteiger partial charge in [0.25, 0.3) is 0 Å². The molecule has 1 amide bonds. The van der Waals surface area contributed by atoms with Crippen LogP contribution in [0.5, 0.6) is 0 Å². The summed E-state index contributed by atoms with van der Waals surface area (Å²) in [6, 6.07) is 0.0462. The summed E-state index contributed by atoms with van der Waals surface area (Å²) in [5.41, 5.74) is -0.414. The maximum atomic E-state index is 12.0. The van der Waals surface area contributed by atoms with Crippen LogP contribution in [0.25, 0.3) is 0 Å². The van der Waals surface area contributed by atoms with Gasteiger partial charge in [-0.05, 0) is 44.9 Å². The van der Waals surface area contributed by atoms with Gasteiger partial charge in [-0.3, -0.25) is 9.59 Å². The van der Waals surface area contributed by atoms with Crippen LogP contribution in [0.15, 0.2) is 0 Å². The summed E-state index contributed by atoms with van der Waals surface area (Å²) in [6.45, 7) is 12.4. The maximum Gasteiger partial charge on any atom is 0.307 e. The summed E-state index contributed by atoms with van der Waals surface area (Å²) < 4.78 is 0. The normalized spacial score (nSPS) is 29.0. The van der Waals surface area contributed by atoms with Gasteiger partial charge in [-0.25, -0.2) is 0 Å². The number of carbonyl (C=O) groups is 2. The second-order valence-electron chi connectivity index (χ2n) is 7.86. The predicted octanol–water partition coefficient (Wildman–Crippen LogP) is 2.02. The zero-order chi connectivity index (χ0) is 16.4. The lowest BCUT2D eigenvalue weighted by atomic mass is 9.61. The Morgan fingerprint density at radius 1 is 1.24 bits per heavy atom. The van der Waals surface area contributed by atoms with Gasteiger partial charge < -0.3 is 15.7 Å². The van der Waals surface area contributed by atoms with Crippen LogP contribution in [0.2, 0.25) is 0 Å². The standard InChI is InChI=1S/C16H30N2O3/c1-10-12(18-13(19)9-17-15(2,3)4)8-7-11(14(20)21)16(10,5)6/h10-12,17H,7-9H2,1-6H3,(H,18,19)(H,20,21). The predicted molar refractivity (Wildman–Crippen MR) is 83.0 cm³/mol. The molecule has 21 heavy (non-hydrogen) atoms. The minimum absolute atomic E-state index is 0.0219. The molecule has 122 valence electrons. The Kier molecular flexibility index (Phi) is 5.42. The SMILES string of the molecule is CC1C(NC(=O)CNC(C)(C)C)CCC(C(=O)O)C1(C)C. The summed E-state index contributed by atoms with van der Waals surface area (Å²) in [4.78, 5) is 23.4. The van der Waals surface area contributed by atoms with Crippen molar-refractivity contribution in [1.82, 2.24) is 10.6 Å². The number of carboxylic acids is 1. The van der Waals surface area contributed by atoms with E-state index in [1.165, 1.54) is 0 Å². The van der Waals surface area contributed by atoms with Crippen molar-refractivity contribution in [2.45, 2.75) is 66.0 Å². The van der Waals surface area contributed by atoms with Crippen molar-refractivity contribution in [2.75, 3.05) is 6.54 Å². The Labute approximate surface area is 127 Å². The lowest BCUT2D eigenvalue weighted by Crippen LogP contribution is -2.54. The van der Waals surface area contributed by atoms with Gasteiger partial charge in [0, 0.05) is 11.6 Å². The molecule has 0 aliphatic heterocycles. The largest absolute Gasteiger partial charge is 0.481 e. The lowest BCUT2D eigenvalue weighted by molar-refractivity contribution is -0.150. The number of hydrogen-bond acceptors (Lipinski definition) is 3. The molecule has 1 aliphatic rings. The molecule has 0 bridgehead atoms. The maximum absolute atomic E-state index is 12.0. The number of carbonyl (C=O) groups excluding carboxylic acids is 1. The average molecular weight is 298 g/mol. The van der Waals surface area contributed by atoms with Crippen LogP contribution in [0, 0.1) is 17.3 Å². The Bertz CT molecular complexity index is 399. The highest BCUT2D eigenvalue weighted by Gasteiger charge is 2.46. The van der Waals surface area contributed by atoms with E-state index >= 15 is 0 Å². The number of rotatable bonds is 4. The molecular weight excluding hydrogens is 268 g/mol. The first-order valence-electron chi connectivity index (χ1n) is 7.72. The Hall–Kier alpha value is -1.10. The Balaban J connectivity index is 2.62. The summed E-state index contributed by atoms with van der Waals surface area (Å²) in [6.07, 6.45) is 1.34. The van der Waals surface area contributed by atoms with Gasteiger partial charge in [0.1, 0.15) is 0 Å². The van der Waals surface area contributed by atoms with Crippen LogP contribution in [-0.4, -0.2) is 35.1 Å². The molecule has 3 atom stereocenters. The third-order valence-corrected chi connectivity index (χ3v) is 4.87. The molecule has 1 aliphatic carbocycles. The minimum Gasteiger partial charge on any atom is -0.481 e. The fraction of sp³-hybridized carbons (Fsp3) is 0.875. The highest BCUT2D eigenvalue weighted by Crippen LogP contribution is 2.45. The molecule has 1 rings (SSSR count). The Morgan fingerprint density at radius 3 is 2.29 bits per heavy atom. The topological polar surface area (TPSA) is 78.4 Å². The molecular formula is C16H30N2O3. The van der Waals surface area contributed by atoms with E-state index in [-0.39, 0.29) is 41.3 Å². The van der Waals surface area contributed by atoms with Gasteiger partial charge in [0.2, 0.25) is 5.91 Å². The first-order valence-corrected chi connectivity index (χ1v) is 7.72. The van der Waals surface area contributed by atoms with E-state index < -0.39 is 5.97 Å². The zero-order valence-electron chi connectivity index (χ0n) is 14.1. The third-order valence-electron chi connectivity index (χ3n) is 4.87. The van der Waals surface area contributed by atoms with E-state index in [1.54, 1.807) is 0 Å². The molecule has 0 radical (unpaired) electrons. The zero-order valence-corrected chi connectivity index (χ0v) is 14.1. The van der Waals surface area contributed by atoms with Crippen molar-refractivity contribution in [1.29, 1.82) is 0 Å². The third kappa shape index (κ3) is 4.70. The summed E-state index contributed by atoms with van der Waals surface area (Å²) in [5.74, 6) is -0.961. The van der Waals surface area contributed by atoms with Crippen molar-refractivity contribution >= 4 is 11.9 Å². The first-order chi connectivity index (χ1) is 9.45. The van der Waals surface area contributed by atoms with E-state index in [0.717, 1.165) is 6.42 Å². The molecule has 0 spiro atoms. The summed E-state index contributed by atoms with van der Waals surface area (Å²) in [5, 5.41) is 15.6. The second-order valence-corrected chi connectivity index (χ2v) is 7.86. The first kappa shape index (κ1) is 18.0. The van der Waals surface area contributed by atoms with Gasteiger partial charge in [0.05, 0.1) is 12.5 Å². The number of aliphatic carboxylic acids is 1. The molecule has 5 heteroatoms. The highest BCUT2D eigenvalue weighted by molar-refractivity contribution is 5.78. The van der Waals surface area contributed by atoms with Crippen LogP contribution in [0.1, 0.15) is 54.4 Å². The quantitative estimate of drug-likeness (QED) is 0.742. The van der Waals surface area contributed by atoms with E-state index in [9.17, 15) is 14.7 Å². The van der Waals surface area contributed by atoms with E-state index in [2.05, 4.69) is 10.6 Å². The smallest absolute Gasteiger partial charge is 0.307 e. The molecule has 1 fully saturated rings. The van der Waals surface area contributed by atoms with E-state index in [1.807, 2.05) is 41.5 Å². The minimum atomic E-state index is -0.731. The summed E-state index contributed by atoms with van der Waals surface area (Å²) in [7, 11) is 0. The second kappa shape index (κ2) is 6.34. The van der Waals surface area contributed by atoms with Gasteiger partial charge >= 0.3 is 5.97 Å². The van der Waals surface area contributed by atoms with Crippen LogP contribution in [0.4, 0.5) is 0 Å². The van der Waals surface area contributed by atoms with Gasteiger partial charge in [-0.1, -0.05) is 20.8 Å². The fourth-order valence-electron chi connectivity index (χ4n) is 3.05. The molecule has 5 nitrogen and oxygen atoms in total. The van der Waals surface area contributed by atoms with Crippen LogP contribution in [-0.2, 0) is 9.59 Å². The summed E-state index contributed by atoms with van der Waals surface area (Å²) >= 11 is 0. The van der Waals surface area contributed by atoms with E-state index in [0.29, 0.717) is 6.42 Å². The van der Waals surface area contributed by atoms with Crippen molar-refractivity contribution in [2.24, 2.45) is 17.3 Å².